The summed E-state index contributed by atoms with van der Waals surface area (Å²) in [4.78, 5) is 16.9. The molecule has 0 amide bonds. The number of benzene rings is 1. The van der Waals surface area contributed by atoms with Crippen LogP contribution in [-0.4, -0.2) is 54.3 Å². The van der Waals surface area contributed by atoms with Crippen molar-refractivity contribution in [3.63, 3.8) is 0 Å². The van der Waals surface area contributed by atoms with Gasteiger partial charge in [0.1, 0.15) is 17.4 Å². The minimum Gasteiger partial charge on any atom is -0.467 e. The van der Waals surface area contributed by atoms with Crippen molar-refractivity contribution in [2.45, 2.75) is 26.8 Å². The van der Waals surface area contributed by atoms with E-state index < -0.39 is 0 Å². The van der Waals surface area contributed by atoms with Crippen LogP contribution in [0.5, 0.6) is 0 Å². The highest BCUT2D eigenvalue weighted by Crippen LogP contribution is 2.29. The maximum atomic E-state index is 5.54. The van der Waals surface area contributed by atoms with Gasteiger partial charge in [0.25, 0.3) is 0 Å². The number of nitrogens with one attached hydrogen (secondary N) is 2. The Kier molecular flexibility index (Phi) is 7.55. The Balaban J connectivity index is 1.33. The molecule has 5 rings (SSSR count). The van der Waals surface area contributed by atoms with Gasteiger partial charge in [-0.1, -0.05) is 32.0 Å². The number of aromatic nitrogens is 2. The van der Waals surface area contributed by atoms with Gasteiger partial charge in [-0.15, -0.1) is 0 Å². The molecule has 2 aliphatic rings. The topological polar surface area (TPSA) is 72.7 Å². The highest BCUT2D eigenvalue weighted by atomic mass is 32.1. The van der Waals surface area contributed by atoms with E-state index in [1.54, 1.807) is 6.26 Å². The summed E-state index contributed by atoms with van der Waals surface area (Å²) in [6, 6.07) is 16.5. The molecule has 190 valence electrons. The van der Waals surface area contributed by atoms with Crippen LogP contribution in [0.15, 0.2) is 59.2 Å². The number of furan rings is 1. The number of piperazine rings is 1. The molecule has 36 heavy (non-hydrogen) atoms. The van der Waals surface area contributed by atoms with Gasteiger partial charge in [-0.3, -0.25) is 0 Å². The summed E-state index contributed by atoms with van der Waals surface area (Å²) < 4.78 is 5.39. The first-order valence-corrected chi connectivity index (χ1v) is 13.2. The van der Waals surface area contributed by atoms with Crippen LogP contribution in [0.1, 0.15) is 26.0 Å². The lowest BCUT2D eigenvalue weighted by molar-refractivity contribution is 0.355. The van der Waals surface area contributed by atoms with E-state index in [1.165, 1.54) is 12.1 Å². The third-order valence-electron chi connectivity index (χ3n) is 6.85. The average molecular weight is 506 g/mol. The van der Waals surface area contributed by atoms with Crippen molar-refractivity contribution < 1.29 is 4.42 Å². The van der Waals surface area contributed by atoms with Gasteiger partial charge in [-0.25, -0.2) is 0 Å². The standard InChI is InChI=1S/C27H35N7OS/c1-20-15-21(2)19-34(18-20)25-16-24(33-12-10-32(11-13-33)22-7-4-3-5-8-22)29-26(30-25)31-27(36)28-17-23-9-6-14-35-23/h3-9,14,16,20-21H,10-13,15,17-19H2,1-2H3,(H2,28,29,30,31,36)/t20-,21-/m1/s1. The first-order chi connectivity index (χ1) is 17.5. The Labute approximate surface area is 218 Å². The lowest BCUT2D eigenvalue weighted by Crippen LogP contribution is -2.47. The zero-order valence-electron chi connectivity index (χ0n) is 21.1. The molecule has 2 atom stereocenters. The maximum absolute atomic E-state index is 5.54. The Hall–Kier alpha value is -3.33. The number of thiocarbonyl (C=S) groups is 1. The first kappa shape index (κ1) is 24.4. The van der Waals surface area contributed by atoms with Gasteiger partial charge in [0.05, 0.1) is 12.8 Å². The van der Waals surface area contributed by atoms with E-state index in [9.17, 15) is 0 Å². The number of hydrogen-bond donors (Lipinski definition) is 2. The molecule has 0 aliphatic carbocycles. The van der Waals surface area contributed by atoms with Crippen molar-refractivity contribution in [3.05, 3.63) is 60.6 Å². The predicted octanol–water partition coefficient (Wildman–Crippen LogP) is 4.37. The Morgan fingerprint density at radius 3 is 2.25 bits per heavy atom. The van der Waals surface area contributed by atoms with Gasteiger partial charge < -0.3 is 29.8 Å². The molecule has 0 spiro atoms. The lowest BCUT2D eigenvalue weighted by atomic mass is 9.92. The predicted molar refractivity (Wildman–Crippen MR) is 150 cm³/mol. The van der Waals surface area contributed by atoms with Crippen LogP contribution >= 0.6 is 12.2 Å². The van der Waals surface area contributed by atoms with Crippen LogP contribution in [0.3, 0.4) is 0 Å². The van der Waals surface area contributed by atoms with Crippen molar-refractivity contribution in [1.29, 1.82) is 0 Å². The van der Waals surface area contributed by atoms with E-state index in [0.717, 1.165) is 56.7 Å². The maximum Gasteiger partial charge on any atom is 0.232 e. The normalized spacial score (nSPS) is 20.3. The molecule has 4 heterocycles. The van der Waals surface area contributed by atoms with Gasteiger partial charge in [0.15, 0.2) is 5.11 Å². The van der Waals surface area contributed by atoms with Crippen molar-refractivity contribution in [3.8, 4) is 0 Å². The van der Waals surface area contributed by atoms with Crippen LogP contribution in [-0.2, 0) is 6.54 Å². The number of piperidine rings is 1. The lowest BCUT2D eigenvalue weighted by Gasteiger charge is -2.38. The second-order valence-corrected chi connectivity index (χ2v) is 10.4. The van der Waals surface area contributed by atoms with Crippen LogP contribution in [0, 0.1) is 11.8 Å². The fourth-order valence-electron chi connectivity index (χ4n) is 5.21. The van der Waals surface area contributed by atoms with Crippen molar-refractivity contribution in [2.24, 2.45) is 11.8 Å². The van der Waals surface area contributed by atoms with E-state index in [0.29, 0.717) is 29.4 Å². The molecule has 0 radical (unpaired) electrons. The summed E-state index contributed by atoms with van der Waals surface area (Å²) in [6.07, 6.45) is 2.91. The molecule has 0 unspecified atom stereocenters. The number of anilines is 4. The molecule has 2 aliphatic heterocycles. The van der Waals surface area contributed by atoms with Gasteiger partial charge in [0, 0.05) is 51.0 Å². The van der Waals surface area contributed by atoms with E-state index in [2.05, 4.69) is 75.6 Å². The molecule has 2 fully saturated rings. The van der Waals surface area contributed by atoms with E-state index in [4.69, 9.17) is 26.6 Å². The van der Waals surface area contributed by atoms with Crippen LogP contribution in [0.2, 0.25) is 0 Å². The average Bonchev–Trinajstić information content (AvgIpc) is 3.41. The quantitative estimate of drug-likeness (QED) is 0.475. The summed E-state index contributed by atoms with van der Waals surface area (Å²) in [5.41, 5.74) is 1.27. The van der Waals surface area contributed by atoms with E-state index >= 15 is 0 Å². The Bertz CT molecular complexity index is 1120. The second-order valence-electron chi connectivity index (χ2n) is 9.96. The van der Waals surface area contributed by atoms with Crippen LogP contribution in [0.25, 0.3) is 0 Å². The van der Waals surface area contributed by atoms with E-state index in [1.807, 2.05) is 12.1 Å². The molecule has 2 saturated heterocycles. The Morgan fingerprint density at radius 2 is 1.58 bits per heavy atom. The number of hydrogen-bond acceptors (Lipinski definition) is 7. The van der Waals surface area contributed by atoms with Crippen molar-refractivity contribution >= 4 is 40.6 Å². The van der Waals surface area contributed by atoms with Gasteiger partial charge in [-0.05, 0) is 54.7 Å². The number of nitrogens with zero attached hydrogens (tertiary/aromatic N) is 5. The smallest absolute Gasteiger partial charge is 0.232 e. The highest BCUT2D eigenvalue weighted by Gasteiger charge is 2.25. The van der Waals surface area contributed by atoms with E-state index in [-0.39, 0.29) is 0 Å². The third-order valence-corrected chi connectivity index (χ3v) is 7.09. The van der Waals surface area contributed by atoms with Gasteiger partial charge >= 0.3 is 0 Å². The molecule has 0 bridgehead atoms. The molecule has 2 aromatic heterocycles. The molecule has 3 aromatic rings. The number of rotatable bonds is 6. The van der Waals surface area contributed by atoms with Crippen LogP contribution in [0.4, 0.5) is 23.3 Å². The third kappa shape index (κ3) is 6.07. The zero-order chi connectivity index (χ0) is 24.9. The molecule has 2 N–H and O–H groups in total. The monoisotopic (exact) mass is 505 g/mol. The summed E-state index contributed by atoms with van der Waals surface area (Å²) >= 11 is 5.54. The summed E-state index contributed by atoms with van der Waals surface area (Å²) in [6.45, 7) is 10.9. The fraction of sp³-hybridized carbons (Fsp3) is 0.444. The fourth-order valence-corrected chi connectivity index (χ4v) is 5.37. The largest absolute Gasteiger partial charge is 0.467 e. The summed E-state index contributed by atoms with van der Waals surface area (Å²) in [7, 11) is 0. The zero-order valence-corrected chi connectivity index (χ0v) is 21.9. The molecule has 0 saturated carbocycles. The Morgan fingerprint density at radius 1 is 0.917 bits per heavy atom. The SMILES string of the molecule is C[C@@H]1C[C@@H](C)CN(c2cc(N3CCN(c4ccccc4)CC3)nc(NC(=S)NCc3ccco3)n2)C1. The minimum atomic E-state index is 0.476. The van der Waals surface area contributed by atoms with Crippen LogP contribution < -0.4 is 25.3 Å². The van der Waals surface area contributed by atoms with Gasteiger partial charge in [0.2, 0.25) is 5.95 Å². The van der Waals surface area contributed by atoms with Crippen molar-refractivity contribution in [2.75, 3.05) is 59.3 Å². The number of para-hydroxylation sites is 1. The molecule has 9 heteroatoms. The van der Waals surface area contributed by atoms with Gasteiger partial charge in [-0.2, -0.15) is 9.97 Å². The van der Waals surface area contributed by atoms with Crippen molar-refractivity contribution in [1.82, 2.24) is 15.3 Å². The summed E-state index contributed by atoms with van der Waals surface area (Å²) in [5, 5.41) is 6.87. The summed E-state index contributed by atoms with van der Waals surface area (Å²) in [5.74, 6) is 4.51. The molecule has 8 nitrogen and oxygen atoms in total. The first-order valence-electron chi connectivity index (χ1n) is 12.8. The highest BCUT2D eigenvalue weighted by molar-refractivity contribution is 7.80. The molecular formula is C27H35N7OS. The minimum absolute atomic E-state index is 0.476. The molecular weight excluding hydrogens is 470 g/mol. The second kappa shape index (κ2) is 11.2. The molecule has 1 aromatic carbocycles.